The number of thiophene rings is 1. The summed E-state index contributed by atoms with van der Waals surface area (Å²) in [5.41, 5.74) is 2.13. The number of hydrogen-bond donors (Lipinski definition) is 0. The summed E-state index contributed by atoms with van der Waals surface area (Å²) in [5, 5.41) is 4.55. The number of pyridine rings is 1. The largest absolute Gasteiger partial charge is 0.494 e. The van der Waals surface area contributed by atoms with E-state index in [0.29, 0.717) is 18.9 Å². The van der Waals surface area contributed by atoms with Gasteiger partial charge in [-0.2, -0.15) is 0 Å². The molecule has 0 radical (unpaired) electrons. The van der Waals surface area contributed by atoms with Crippen molar-refractivity contribution in [1.82, 2.24) is 9.88 Å². The Kier molecular flexibility index (Phi) is 17.4. The molecular formula is C46H57N3O3S. The Bertz CT molecular complexity index is 1830. The van der Waals surface area contributed by atoms with E-state index in [1.165, 1.54) is 28.6 Å². The Morgan fingerprint density at radius 1 is 0.774 bits per heavy atom. The zero-order valence-corrected chi connectivity index (χ0v) is 32.4. The van der Waals surface area contributed by atoms with Crippen molar-refractivity contribution in [2.45, 2.75) is 77.6 Å². The van der Waals surface area contributed by atoms with E-state index in [0.717, 1.165) is 101 Å². The number of esters is 1. The minimum absolute atomic E-state index is 0.256. The van der Waals surface area contributed by atoms with Crippen LogP contribution in [0.15, 0.2) is 121 Å². The van der Waals surface area contributed by atoms with Gasteiger partial charge in [0.1, 0.15) is 5.75 Å². The van der Waals surface area contributed by atoms with E-state index in [1.54, 1.807) is 6.07 Å². The predicted octanol–water partition coefficient (Wildman–Crippen LogP) is 11.6. The standard InChI is InChI=1S/C46H57N3O3S/c1-2-3-4-5-6-7-8-9-10-11-12-13-14-15-16-17-18-19-25-46(50)52-45-29-27-39-26-28-40(38-42(39)47-45)51-36-21-20-31-48-32-34-49(35-33-48)43-23-22-24-44-41(43)30-37-53-44/h4-5,7-8,10-11,13-14,16-17,22-24,26-30,37-38H,2-3,6,9,12,15,18-21,25,31-36H2,1H3. The van der Waals surface area contributed by atoms with Crippen molar-refractivity contribution >= 4 is 44.0 Å². The summed E-state index contributed by atoms with van der Waals surface area (Å²) in [4.78, 5) is 22.2. The number of fused-ring (bicyclic) bond motifs is 2. The van der Waals surface area contributed by atoms with Gasteiger partial charge in [-0.3, -0.25) is 9.69 Å². The van der Waals surface area contributed by atoms with E-state index in [2.05, 4.69) is 112 Å². The normalized spacial score (nSPS) is 14.4. The van der Waals surface area contributed by atoms with E-state index in [-0.39, 0.29) is 5.97 Å². The van der Waals surface area contributed by atoms with Crippen molar-refractivity contribution < 1.29 is 14.3 Å². The minimum Gasteiger partial charge on any atom is -0.494 e. The number of carbonyl (C=O) groups excluding carboxylic acids is 1. The second-order valence-electron chi connectivity index (χ2n) is 13.5. The van der Waals surface area contributed by atoms with Crippen molar-refractivity contribution in [2.75, 3.05) is 44.2 Å². The summed E-state index contributed by atoms with van der Waals surface area (Å²) in [5.74, 6) is 0.863. The third-order valence-electron chi connectivity index (χ3n) is 9.31. The van der Waals surface area contributed by atoms with Crippen LogP contribution in [0.3, 0.4) is 0 Å². The van der Waals surface area contributed by atoms with Crippen molar-refractivity contribution in [3.05, 3.63) is 121 Å². The highest BCUT2D eigenvalue weighted by molar-refractivity contribution is 7.17. The number of unbranched alkanes of at least 4 members (excludes halogenated alkanes) is 3. The number of aromatic nitrogens is 1. The first-order valence-electron chi connectivity index (χ1n) is 19.6. The van der Waals surface area contributed by atoms with Crippen molar-refractivity contribution in [3.8, 4) is 11.6 Å². The molecule has 5 rings (SSSR count). The Balaban J connectivity index is 0.908. The summed E-state index contributed by atoms with van der Waals surface area (Å²) in [6, 6.07) is 18.5. The molecule has 1 saturated heterocycles. The van der Waals surface area contributed by atoms with Crippen LogP contribution in [0, 0.1) is 0 Å². The van der Waals surface area contributed by atoms with Crippen molar-refractivity contribution in [1.29, 1.82) is 0 Å². The highest BCUT2D eigenvalue weighted by Crippen LogP contribution is 2.31. The monoisotopic (exact) mass is 731 g/mol. The van der Waals surface area contributed by atoms with Crippen LogP contribution in [0.5, 0.6) is 11.6 Å². The maximum atomic E-state index is 12.5. The van der Waals surface area contributed by atoms with Gasteiger partial charge in [-0.25, -0.2) is 4.98 Å². The number of ether oxygens (including phenoxy) is 2. The molecule has 4 aromatic rings. The van der Waals surface area contributed by atoms with E-state index >= 15 is 0 Å². The maximum absolute atomic E-state index is 12.5. The first-order chi connectivity index (χ1) is 26.2. The number of benzene rings is 2. The first-order valence-corrected chi connectivity index (χ1v) is 20.5. The molecule has 0 aliphatic carbocycles. The van der Waals surface area contributed by atoms with E-state index in [1.807, 2.05) is 35.6 Å². The highest BCUT2D eigenvalue weighted by Gasteiger charge is 2.18. The molecule has 6 nitrogen and oxygen atoms in total. The van der Waals surface area contributed by atoms with Gasteiger partial charge in [0.2, 0.25) is 5.88 Å². The smallest absolute Gasteiger partial charge is 0.312 e. The van der Waals surface area contributed by atoms with Crippen LogP contribution in [0.1, 0.15) is 77.6 Å². The average molecular weight is 732 g/mol. The topological polar surface area (TPSA) is 54.9 Å². The van der Waals surface area contributed by atoms with Gasteiger partial charge in [0.05, 0.1) is 12.1 Å². The Labute approximate surface area is 321 Å². The molecule has 1 aliphatic heterocycles. The Morgan fingerprint density at radius 2 is 1.47 bits per heavy atom. The molecule has 0 N–H and O–H groups in total. The minimum atomic E-state index is -0.256. The Morgan fingerprint density at radius 3 is 2.21 bits per heavy atom. The lowest BCUT2D eigenvalue weighted by Crippen LogP contribution is -2.46. The van der Waals surface area contributed by atoms with Crippen LogP contribution in [-0.2, 0) is 4.79 Å². The fourth-order valence-corrected chi connectivity index (χ4v) is 7.14. The van der Waals surface area contributed by atoms with Crippen LogP contribution < -0.4 is 14.4 Å². The number of rotatable bonds is 22. The third-order valence-corrected chi connectivity index (χ3v) is 10.2. The number of allylic oxidation sites excluding steroid dienone is 10. The van der Waals surface area contributed by atoms with Crippen LogP contribution in [0.25, 0.3) is 21.0 Å². The van der Waals surface area contributed by atoms with Gasteiger partial charge in [0, 0.05) is 65.9 Å². The summed E-state index contributed by atoms with van der Waals surface area (Å²) in [7, 11) is 0. The molecule has 1 fully saturated rings. The van der Waals surface area contributed by atoms with Gasteiger partial charge < -0.3 is 14.4 Å². The summed E-state index contributed by atoms with van der Waals surface area (Å²) < 4.78 is 13.0. The van der Waals surface area contributed by atoms with Gasteiger partial charge in [-0.1, -0.05) is 80.2 Å². The number of carbonyl (C=O) groups is 1. The average Bonchev–Trinajstić information content (AvgIpc) is 3.67. The zero-order chi connectivity index (χ0) is 36.8. The fraction of sp³-hybridized carbons (Fsp3) is 0.391. The quantitative estimate of drug-likeness (QED) is 0.0456. The molecule has 280 valence electrons. The molecule has 0 amide bonds. The fourth-order valence-electron chi connectivity index (χ4n) is 6.34. The molecule has 0 unspecified atom stereocenters. The van der Waals surface area contributed by atoms with E-state index in [9.17, 15) is 4.79 Å². The summed E-state index contributed by atoms with van der Waals surface area (Å²) in [6.07, 6.45) is 32.3. The molecule has 3 heterocycles. The van der Waals surface area contributed by atoms with Gasteiger partial charge in [-0.05, 0) is 106 Å². The zero-order valence-electron chi connectivity index (χ0n) is 31.5. The third kappa shape index (κ3) is 14.1. The van der Waals surface area contributed by atoms with E-state index < -0.39 is 0 Å². The molecule has 0 saturated carbocycles. The molecule has 53 heavy (non-hydrogen) atoms. The number of hydrogen-bond acceptors (Lipinski definition) is 7. The summed E-state index contributed by atoms with van der Waals surface area (Å²) >= 11 is 1.82. The summed E-state index contributed by atoms with van der Waals surface area (Å²) in [6.45, 7) is 8.28. The number of piperazine rings is 1. The van der Waals surface area contributed by atoms with Gasteiger partial charge >= 0.3 is 5.97 Å². The van der Waals surface area contributed by atoms with Crippen LogP contribution in [0.4, 0.5) is 5.69 Å². The van der Waals surface area contributed by atoms with Crippen molar-refractivity contribution in [3.63, 3.8) is 0 Å². The number of anilines is 1. The lowest BCUT2D eigenvalue weighted by atomic mass is 10.2. The van der Waals surface area contributed by atoms with Crippen LogP contribution in [0.2, 0.25) is 0 Å². The second-order valence-corrected chi connectivity index (χ2v) is 14.4. The molecule has 7 heteroatoms. The first kappa shape index (κ1) is 39.7. The SMILES string of the molecule is CCCC=CCC=CCC=CCC=CCC=CCCCC(=O)Oc1ccc2ccc(OCCCCN3CCN(c4cccc5sccc45)CC3)cc2n1. The predicted molar refractivity (Wildman–Crippen MR) is 226 cm³/mol. The molecule has 0 bridgehead atoms. The highest BCUT2D eigenvalue weighted by atomic mass is 32.1. The second kappa shape index (κ2) is 23.3. The van der Waals surface area contributed by atoms with Crippen LogP contribution >= 0.6 is 11.3 Å². The Hall–Kier alpha value is -4.46. The van der Waals surface area contributed by atoms with Crippen LogP contribution in [-0.4, -0.2) is 55.2 Å². The van der Waals surface area contributed by atoms with Gasteiger partial charge in [0.15, 0.2) is 0 Å². The molecule has 2 aromatic carbocycles. The molecular weight excluding hydrogens is 675 g/mol. The van der Waals surface area contributed by atoms with Gasteiger partial charge in [0.25, 0.3) is 0 Å². The molecule has 0 atom stereocenters. The van der Waals surface area contributed by atoms with E-state index in [4.69, 9.17) is 9.47 Å². The lowest BCUT2D eigenvalue weighted by molar-refractivity contribution is -0.134. The molecule has 1 aliphatic rings. The lowest BCUT2D eigenvalue weighted by Gasteiger charge is -2.36. The van der Waals surface area contributed by atoms with Gasteiger partial charge in [-0.15, -0.1) is 11.3 Å². The number of nitrogens with zero attached hydrogens (tertiary/aromatic N) is 3. The van der Waals surface area contributed by atoms with Crippen molar-refractivity contribution in [2.24, 2.45) is 0 Å². The molecule has 2 aromatic heterocycles. The maximum Gasteiger partial charge on any atom is 0.312 e. The molecule has 0 spiro atoms.